The lowest BCUT2D eigenvalue weighted by Crippen LogP contribution is -2.51. The molecule has 20 heavy (non-hydrogen) atoms. The second-order valence-electron chi connectivity index (χ2n) is 5.00. The topological polar surface area (TPSA) is 106 Å². The zero-order chi connectivity index (χ0) is 14.6. The molecule has 1 atom stereocenters. The first-order chi connectivity index (χ1) is 9.54. The molecule has 9 heteroatoms. The molecule has 1 aliphatic rings. The van der Waals surface area contributed by atoms with E-state index in [4.69, 9.17) is 5.73 Å². The van der Waals surface area contributed by atoms with Crippen molar-refractivity contribution in [3.63, 3.8) is 0 Å². The third-order valence-corrected chi connectivity index (χ3v) is 5.26. The van der Waals surface area contributed by atoms with Gasteiger partial charge in [-0.3, -0.25) is 0 Å². The molecule has 0 aliphatic carbocycles. The molecule has 0 radical (unpaired) electrons. The first kappa shape index (κ1) is 15.4. The fraction of sp³-hybridized carbons (Fsp3) is 0.818. The number of nitrogens with zero attached hydrogens (tertiary/aromatic N) is 4. The van der Waals surface area contributed by atoms with E-state index in [0.29, 0.717) is 26.1 Å². The maximum Gasteiger partial charge on any atom is 0.279 e. The lowest BCUT2D eigenvalue weighted by Gasteiger charge is -2.33. The van der Waals surface area contributed by atoms with Crippen LogP contribution in [0.25, 0.3) is 0 Å². The van der Waals surface area contributed by atoms with Gasteiger partial charge in [0.25, 0.3) is 10.2 Å². The summed E-state index contributed by atoms with van der Waals surface area (Å²) >= 11 is 0. The highest BCUT2D eigenvalue weighted by Crippen LogP contribution is 2.18. The molecule has 1 saturated heterocycles. The molecular formula is C11H22N6O2S. The predicted molar refractivity (Wildman–Crippen MR) is 75.0 cm³/mol. The predicted octanol–water partition coefficient (Wildman–Crippen LogP) is -0.995. The van der Waals surface area contributed by atoms with Gasteiger partial charge in [-0.05, 0) is 12.8 Å². The Balaban J connectivity index is 1.91. The van der Waals surface area contributed by atoms with Gasteiger partial charge in [0.1, 0.15) is 12.2 Å². The highest BCUT2D eigenvalue weighted by molar-refractivity contribution is 7.87. The van der Waals surface area contributed by atoms with Crippen LogP contribution >= 0.6 is 0 Å². The smallest absolute Gasteiger partial charge is 0.279 e. The van der Waals surface area contributed by atoms with Gasteiger partial charge in [0, 0.05) is 39.1 Å². The van der Waals surface area contributed by atoms with Crippen molar-refractivity contribution in [2.45, 2.75) is 31.7 Å². The normalized spacial score (nSPS) is 21.2. The van der Waals surface area contributed by atoms with Gasteiger partial charge in [0.05, 0.1) is 0 Å². The maximum absolute atomic E-state index is 12.3. The van der Waals surface area contributed by atoms with Crippen molar-refractivity contribution in [3.8, 4) is 0 Å². The van der Waals surface area contributed by atoms with Crippen LogP contribution in [0.2, 0.25) is 0 Å². The zero-order valence-electron chi connectivity index (χ0n) is 11.7. The van der Waals surface area contributed by atoms with Crippen LogP contribution in [0.5, 0.6) is 0 Å². The minimum Gasteiger partial charge on any atom is -0.329 e. The Labute approximate surface area is 119 Å². The summed E-state index contributed by atoms with van der Waals surface area (Å²) in [5.41, 5.74) is 5.66. The Hall–Kier alpha value is -1.03. The highest BCUT2D eigenvalue weighted by Gasteiger charge is 2.30. The lowest BCUT2D eigenvalue weighted by molar-refractivity contribution is 0.254. The Bertz CT molecular complexity index is 529. The van der Waals surface area contributed by atoms with Crippen molar-refractivity contribution in [1.82, 2.24) is 23.8 Å². The van der Waals surface area contributed by atoms with Gasteiger partial charge >= 0.3 is 0 Å². The van der Waals surface area contributed by atoms with Gasteiger partial charge in [0.2, 0.25) is 0 Å². The highest BCUT2D eigenvalue weighted by atomic mass is 32.2. The third-order valence-electron chi connectivity index (χ3n) is 3.59. The summed E-state index contributed by atoms with van der Waals surface area (Å²) in [5.74, 6) is 0.752. The summed E-state index contributed by atoms with van der Waals surface area (Å²) in [6.45, 7) is 1.22. The van der Waals surface area contributed by atoms with E-state index >= 15 is 0 Å². The van der Waals surface area contributed by atoms with E-state index in [1.54, 1.807) is 10.9 Å². The van der Waals surface area contributed by atoms with Gasteiger partial charge in [0.15, 0.2) is 0 Å². The minimum atomic E-state index is -3.46. The number of nitrogens with two attached hydrogens (primary N) is 1. The molecule has 1 fully saturated rings. The third kappa shape index (κ3) is 3.54. The van der Waals surface area contributed by atoms with E-state index in [-0.39, 0.29) is 6.04 Å². The van der Waals surface area contributed by atoms with E-state index in [0.717, 1.165) is 25.1 Å². The van der Waals surface area contributed by atoms with E-state index in [2.05, 4.69) is 14.9 Å². The zero-order valence-corrected chi connectivity index (χ0v) is 12.5. The summed E-state index contributed by atoms with van der Waals surface area (Å²) in [5, 5.41) is 7.68. The second kappa shape index (κ2) is 6.61. The Morgan fingerprint density at radius 1 is 1.50 bits per heavy atom. The van der Waals surface area contributed by atoms with Gasteiger partial charge in [-0.25, -0.2) is 4.72 Å². The molecule has 1 aliphatic heterocycles. The first-order valence-electron chi connectivity index (χ1n) is 6.84. The maximum atomic E-state index is 12.3. The summed E-state index contributed by atoms with van der Waals surface area (Å²) < 4.78 is 30.5. The van der Waals surface area contributed by atoms with Crippen molar-refractivity contribution in [3.05, 3.63) is 12.2 Å². The van der Waals surface area contributed by atoms with Gasteiger partial charge in [-0.1, -0.05) is 6.42 Å². The number of hydrogen-bond donors (Lipinski definition) is 2. The van der Waals surface area contributed by atoms with Crippen LogP contribution in [0.1, 0.15) is 25.1 Å². The lowest BCUT2D eigenvalue weighted by atomic mass is 10.1. The van der Waals surface area contributed by atoms with Gasteiger partial charge in [-0.15, -0.1) is 10.2 Å². The fourth-order valence-electron chi connectivity index (χ4n) is 2.43. The van der Waals surface area contributed by atoms with Crippen LogP contribution in [-0.2, 0) is 23.7 Å². The van der Waals surface area contributed by atoms with Crippen molar-refractivity contribution < 1.29 is 8.42 Å². The standard InChI is InChI=1S/C11H22N6O2S/c1-16-9-13-15-11(16)5-6-14-20(18,19)17-7-3-2-4-10(17)8-12/h9-10,14H,2-8,12H2,1H3. The molecule has 0 saturated carbocycles. The number of piperidine rings is 1. The molecule has 114 valence electrons. The van der Waals surface area contributed by atoms with Crippen LogP contribution < -0.4 is 10.5 Å². The number of nitrogens with one attached hydrogen (secondary N) is 1. The second-order valence-corrected chi connectivity index (χ2v) is 6.71. The van der Waals surface area contributed by atoms with E-state index < -0.39 is 10.2 Å². The monoisotopic (exact) mass is 302 g/mol. The van der Waals surface area contributed by atoms with E-state index in [1.165, 1.54) is 4.31 Å². The average Bonchev–Trinajstić information content (AvgIpc) is 2.84. The van der Waals surface area contributed by atoms with Crippen LogP contribution in [0.4, 0.5) is 0 Å². The molecule has 0 spiro atoms. The van der Waals surface area contributed by atoms with Crippen LogP contribution in [-0.4, -0.2) is 53.2 Å². The van der Waals surface area contributed by atoms with Gasteiger partial charge < -0.3 is 10.3 Å². The summed E-state index contributed by atoms with van der Waals surface area (Å²) in [6, 6.07) is -0.0870. The quantitative estimate of drug-likeness (QED) is 0.701. The summed E-state index contributed by atoms with van der Waals surface area (Å²) in [6.07, 6.45) is 4.87. The molecule has 0 aromatic carbocycles. The number of aryl methyl sites for hydroxylation is 1. The minimum absolute atomic E-state index is 0.0870. The van der Waals surface area contributed by atoms with Crippen LogP contribution in [0.3, 0.4) is 0 Å². The van der Waals surface area contributed by atoms with Crippen molar-refractivity contribution in [2.24, 2.45) is 12.8 Å². The molecule has 0 bridgehead atoms. The molecule has 0 amide bonds. The Morgan fingerprint density at radius 3 is 2.95 bits per heavy atom. The molecule has 1 aromatic rings. The Kier molecular flexibility index (Phi) is 5.08. The van der Waals surface area contributed by atoms with Crippen LogP contribution in [0.15, 0.2) is 6.33 Å². The number of rotatable bonds is 6. The summed E-state index contributed by atoms with van der Waals surface area (Å²) in [7, 11) is -1.63. The summed E-state index contributed by atoms with van der Waals surface area (Å²) in [4.78, 5) is 0. The molecule has 1 aromatic heterocycles. The SMILES string of the molecule is Cn1cnnc1CCNS(=O)(=O)N1CCCCC1CN. The average molecular weight is 302 g/mol. The van der Waals surface area contributed by atoms with E-state index in [1.807, 2.05) is 7.05 Å². The number of aromatic nitrogens is 3. The van der Waals surface area contributed by atoms with Crippen molar-refractivity contribution >= 4 is 10.2 Å². The van der Waals surface area contributed by atoms with E-state index in [9.17, 15) is 8.42 Å². The van der Waals surface area contributed by atoms with Crippen molar-refractivity contribution in [2.75, 3.05) is 19.6 Å². The molecular weight excluding hydrogens is 280 g/mol. The molecule has 2 heterocycles. The van der Waals surface area contributed by atoms with Crippen molar-refractivity contribution in [1.29, 1.82) is 0 Å². The molecule has 1 unspecified atom stereocenters. The number of hydrogen-bond acceptors (Lipinski definition) is 5. The first-order valence-corrected chi connectivity index (χ1v) is 8.28. The molecule has 3 N–H and O–H groups in total. The fourth-order valence-corrected chi connectivity index (χ4v) is 3.91. The van der Waals surface area contributed by atoms with Crippen LogP contribution in [0, 0.1) is 0 Å². The largest absolute Gasteiger partial charge is 0.329 e. The molecule has 2 rings (SSSR count). The molecule has 8 nitrogen and oxygen atoms in total. The van der Waals surface area contributed by atoms with Gasteiger partial charge in [-0.2, -0.15) is 12.7 Å². The Morgan fingerprint density at radius 2 is 2.30 bits per heavy atom.